The molecular weight excluding hydrogens is 350 g/mol. The molecule has 0 radical (unpaired) electrons. The first-order valence-corrected chi connectivity index (χ1v) is 7.85. The maximum absolute atomic E-state index is 14.0. The zero-order valence-corrected chi connectivity index (χ0v) is 13.5. The van der Waals surface area contributed by atoms with E-state index >= 15 is 0 Å². The monoisotopic (exact) mass is 356 g/mol. The van der Waals surface area contributed by atoms with Crippen molar-refractivity contribution in [2.24, 2.45) is 0 Å². The molecule has 0 aliphatic heterocycles. The maximum atomic E-state index is 14.0. The number of hydrogen-bond acceptors (Lipinski definition) is 3. The summed E-state index contributed by atoms with van der Waals surface area (Å²) in [5.74, 6) is -0.433. The van der Waals surface area contributed by atoms with Crippen molar-refractivity contribution in [3.8, 4) is 16.3 Å². The summed E-state index contributed by atoms with van der Waals surface area (Å²) >= 11 is 18.7. The van der Waals surface area contributed by atoms with E-state index in [1.165, 1.54) is 22.1 Å². The number of aromatic nitrogens is 2. The minimum absolute atomic E-state index is 0.251. The zero-order chi connectivity index (χ0) is 15.0. The molecule has 0 fully saturated rings. The Bertz CT molecular complexity index is 853. The fourth-order valence-corrected chi connectivity index (χ4v) is 3.58. The van der Waals surface area contributed by atoms with Crippen molar-refractivity contribution >= 4 is 46.8 Å². The van der Waals surface area contributed by atoms with E-state index < -0.39 is 5.82 Å². The molecule has 0 aliphatic rings. The molecule has 0 saturated heterocycles. The predicted molar refractivity (Wildman–Crippen MR) is 87.7 cm³/mol. The van der Waals surface area contributed by atoms with Crippen molar-refractivity contribution in [1.29, 1.82) is 0 Å². The van der Waals surface area contributed by atoms with Crippen molar-refractivity contribution in [2.75, 3.05) is 0 Å². The Morgan fingerprint density at radius 1 is 1.05 bits per heavy atom. The Morgan fingerprint density at radius 2 is 1.76 bits per heavy atom. The highest BCUT2D eigenvalue weighted by Crippen LogP contribution is 2.33. The average Bonchev–Trinajstić information content (AvgIpc) is 2.81. The number of benzene rings is 2. The summed E-state index contributed by atoms with van der Waals surface area (Å²) < 4.78 is 16.0. The topological polar surface area (TPSA) is 17.8 Å². The second-order valence-corrected chi connectivity index (χ2v) is 6.57. The number of para-hydroxylation sites is 1. The molecule has 2 aromatic carbocycles. The van der Waals surface area contributed by atoms with Crippen LogP contribution < -0.4 is 0 Å². The quantitative estimate of drug-likeness (QED) is 0.542. The molecule has 3 rings (SSSR count). The molecule has 0 unspecified atom stereocenters. The first kappa shape index (κ1) is 14.7. The van der Waals surface area contributed by atoms with E-state index in [4.69, 9.17) is 35.4 Å². The van der Waals surface area contributed by atoms with Gasteiger partial charge in [0.05, 0.1) is 21.3 Å². The van der Waals surface area contributed by atoms with Gasteiger partial charge >= 0.3 is 0 Å². The molecule has 0 aliphatic carbocycles. The fourth-order valence-electron chi connectivity index (χ4n) is 1.86. The Balaban J connectivity index is 2.20. The SMILES string of the molecule is Fc1cccc(Cl)c1-c1nn(-c2ccccc2Cl)c(=S)s1. The molecule has 0 amide bonds. The Labute approximate surface area is 139 Å². The Morgan fingerprint density at radius 3 is 2.48 bits per heavy atom. The normalized spacial score (nSPS) is 10.8. The fraction of sp³-hybridized carbons (Fsp3) is 0. The smallest absolute Gasteiger partial charge is 0.184 e. The van der Waals surface area contributed by atoms with Crippen LogP contribution >= 0.6 is 46.8 Å². The summed E-state index contributed by atoms with van der Waals surface area (Å²) in [6, 6.07) is 11.7. The van der Waals surface area contributed by atoms with Crippen molar-refractivity contribution in [3.63, 3.8) is 0 Å². The number of hydrogen-bond donors (Lipinski definition) is 0. The second kappa shape index (κ2) is 5.85. The van der Waals surface area contributed by atoms with E-state index in [9.17, 15) is 4.39 Å². The molecule has 3 aromatic rings. The number of halogens is 3. The highest BCUT2D eigenvalue weighted by molar-refractivity contribution is 7.73. The van der Waals surface area contributed by atoms with Gasteiger partial charge in [-0.05, 0) is 36.5 Å². The third-order valence-electron chi connectivity index (χ3n) is 2.81. The molecular formula is C14H7Cl2FN2S2. The van der Waals surface area contributed by atoms with Crippen LogP contribution in [-0.4, -0.2) is 9.78 Å². The molecule has 0 atom stereocenters. The lowest BCUT2D eigenvalue weighted by Crippen LogP contribution is -1.97. The van der Waals surface area contributed by atoms with Gasteiger partial charge in [0.15, 0.2) is 8.96 Å². The van der Waals surface area contributed by atoms with Gasteiger partial charge in [0.25, 0.3) is 0 Å². The maximum Gasteiger partial charge on any atom is 0.184 e. The highest BCUT2D eigenvalue weighted by atomic mass is 35.5. The standard InChI is InChI=1S/C14H7Cl2FN2S2/c15-8-4-1-2-7-11(8)19-14(20)21-13(18-19)12-9(16)5-3-6-10(12)17/h1-7H. The van der Waals surface area contributed by atoms with Crippen LogP contribution in [0.4, 0.5) is 4.39 Å². The third kappa shape index (κ3) is 2.74. The molecule has 21 heavy (non-hydrogen) atoms. The van der Waals surface area contributed by atoms with Gasteiger partial charge in [-0.1, -0.05) is 52.7 Å². The Kier molecular flexibility index (Phi) is 4.08. The van der Waals surface area contributed by atoms with Crippen molar-refractivity contribution < 1.29 is 4.39 Å². The summed E-state index contributed by atoms with van der Waals surface area (Å²) in [7, 11) is 0. The predicted octanol–water partition coefficient (Wildman–Crippen LogP) is 5.78. The van der Waals surface area contributed by atoms with Crippen LogP contribution in [0.5, 0.6) is 0 Å². The number of nitrogens with zero attached hydrogens (tertiary/aromatic N) is 2. The zero-order valence-electron chi connectivity index (χ0n) is 10.4. The van der Waals surface area contributed by atoms with E-state index in [-0.39, 0.29) is 5.56 Å². The van der Waals surface area contributed by atoms with E-state index in [0.29, 0.717) is 24.7 Å². The average molecular weight is 357 g/mol. The molecule has 106 valence electrons. The second-order valence-electron chi connectivity index (χ2n) is 4.13. The molecule has 7 heteroatoms. The Hall–Kier alpha value is -1.27. The minimum atomic E-state index is -0.433. The van der Waals surface area contributed by atoms with E-state index in [1.54, 1.807) is 24.3 Å². The van der Waals surface area contributed by atoms with Crippen LogP contribution in [0.2, 0.25) is 10.0 Å². The summed E-state index contributed by atoms with van der Waals surface area (Å²) in [6.45, 7) is 0. The van der Waals surface area contributed by atoms with E-state index in [1.807, 2.05) is 12.1 Å². The lowest BCUT2D eigenvalue weighted by atomic mass is 10.2. The molecule has 0 bridgehead atoms. The van der Waals surface area contributed by atoms with Gasteiger partial charge in [-0.25, -0.2) is 9.07 Å². The number of rotatable bonds is 2. The molecule has 0 saturated carbocycles. The van der Waals surface area contributed by atoms with Gasteiger partial charge in [0.1, 0.15) is 5.82 Å². The summed E-state index contributed by atoms with van der Waals surface area (Å²) in [5, 5.41) is 5.59. The van der Waals surface area contributed by atoms with Gasteiger partial charge in [0.2, 0.25) is 0 Å². The summed E-state index contributed by atoms with van der Waals surface area (Å²) in [4.78, 5) is 0. The van der Waals surface area contributed by atoms with Gasteiger partial charge in [-0.15, -0.1) is 0 Å². The van der Waals surface area contributed by atoms with Gasteiger partial charge in [-0.3, -0.25) is 0 Å². The van der Waals surface area contributed by atoms with Crippen LogP contribution in [0.3, 0.4) is 0 Å². The minimum Gasteiger partial charge on any atom is -0.210 e. The van der Waals surface area contributed by atoms with Gasteiger partial charge in [-0.2, -0.15) is 5.10 Å². The summed E-state index contributed by atoms with van der Waals surface area (Å²) in [6.07, 6.45) is 0. The molecule has 0 N–H and O–H groups in total. The molecule has 0 spiro atoms. The van der Waals surface area contributed by atoms with Crippen LogP contribution in [0.25, 0.3) is 16.3 Å². The molecule has 1 heterocycles. The van der Waals surface area contributed by atoms with Gasteiger partial charge in [0, 0.05) is 0 Å². The van der Waals surface area contributed by atoms with Crippen LogP contribution in [0, 0.1) is 9.77 Å². The van der Waals surface area contributed by atoms with Crippen LogP contribution in [0.15, 0.2) is 42.5 Å². The first-order valence-electron chi connectivity index (χ1n) is 5.87. The van der Waals surface area contributed by atoms with Crippen molar-refractivity contribution in [1.82, 2.24) is 9.78 Å². The van der Waals surface area contributed by atoms with Crippen LogP contribution in [0.1, 0.15) is 0 Å². The van der Waals surface area contributed by atoms with E-state index in [0.717, 1.165) is 0 Å². The van der Waals surface area contributed by atoms with Crippen molar-refractivity contribution in [3.05, 3.63) is 62.3 Å². The molecule has 1 aromatic heterocycles. The highest BCUT2D eigenvalue weighted by Gasteiger charge is 2.16. The largest absolute Gasteiger partial charge is 0.210 e. The first-order chi connectivity index (χ1) is 10.1. The lowest BCUT2D eigenvalue weighted by Gasteiger charge is -2.03. The van der Waals surface area contributed by atoms with E-state index in [2.05, 4.69) is 5.10 Å². The van der Waals surface area contributed by atoms with Gasteiger partial charge < -0.3 is 0 Å². The van der Waals surface area contributed by atoms with Crippen LogP contribution in [-0.2, 0) is 0 Å². The molecule has 2 nitrogen and oxygen atoms in total. The lowest BCUT2D eigenvalue weighted by molar-refractivity contribution is 0.630. The summed E-state index contributed by atoms with van der Waals surface area (Å²) in [5.41, 5.74) is 0.903. The third-order valence-corrected chi connectivity index (χ3v) is 4.69. The van der Waals surface area contributed by atoms with Crippen molar-refractivity contribution in [2.45, 2.75) is 0 Å².